The first-order valence-corrected chi connectivity index (χ1v) is 4.91. The Morgan fingerprint density at radius 1 is 1.23 bits per heavy atom. The molecule has 0 aromatic heterocycles. The van der Waals surface area contributed by atoms with Crippen molar-refractivity contribution in [1.82, 2.24) is 5.32 Å². The lowest BCUT2D eigenvalue weighted by molar-refractivity contribution is 0.419. The van der Waals surface area contributed by atoms with Crippen molar-refractivity contribution in [2.45, 2.75) is 0 Å². The molecule has 1 aliphatic heterocycles. The number of piperidine rings is 1. The molecule has 2 unspecified atom stereocenters. The van der Waals surface area contributed by atoms with Crippen LogP contribution in [0.15, 0.2) is 47.6 Å². The van der Waals surface area contributed by atoms with Gasteiger partial charge in [-0.3, -0.25) is 0 Å². The summed E-state index contributed by atoms with van der Waals surface area (Å²) < 4.78 is 0. The molecule has 13 heavy (non-hydrogen) atoms. The van der Waals surface area contributed by atoms with E-state index >= 15 is 0 Å². The molecule has 0 aromatic carbocycles. The van der Waals surface area contributed by atoms with Crippen molar-refractivity contribution < 1.29 is 0 Å². The van der Waals surface area contributed by atoms with Crippen LogP contribution >= 0.6 is 0 Å². The number of allylic oxidation sites excluding steroid dienone is 6. The molecular formula is C12H13N. The second-order valence-corrected chi connectivity index (χ2v) is 3.92. The first kappa shape index (κ1) is 7.34. The van der Waals surface area contributed by atoms with Crippen LogP contribution in [0.1, 0.15) is 0 Å². The lowest BCUT2D eigenvalue weighted by Gasteiger charge is -2.36. The van der Waals surface area contributed by atoms with Crippen LogP contribution < -0.4 is 5.32 Å². The average Bonchev–Trinajstić information content (AvgIpc) is 2.19. The minimum Gasteiger partial charge on any atom is -0.312 e. The van der Waals surface area contributed by atoms with E-state index in [-0.39, 0.29) is 0 Å². The standard InChI is InChI=1S/C12H13N/c1-3-9-4-2-6-11-8-13-7-10(5-1)12(9)11/h1-6,10,12-13H,7-8H2. The van der Waals surface area contributed by atoms with Crippen LogP contribution in [-0.2, 0) is 0 Å². The van der Waals surface area contributed by atoms with Gasteiger partial charge in [0.15, 0.2) is 0 Å². The molecular weight excluding hydrogens is 158 g/mol. The molecule has 1 saturated heterocycles. The van der Waals surface area contributed by atoms with Crippen molar-refractivity contribution in [3.63, 3.8) is 0 Å². The molecule has 0 amide bonds. The summed E-state index contributed by atoms with van der Waals surface area (Å²) in [5.41, 5.74) is 3.04. The summed E-state index contributed by atoms with van der Waals surface area (Å²) >= 11 is 0. The predicted octanol–water partition coefficient (Wildman–Crippen LogP) is 1.81. The van der Waals surface area contributed by atoms with E-state index in [0.717, 1.165) is 13.1 Å². The maximum Gasteiger partial charge on any atom is 0.0174 e. The quantitative estimate of drug-likeness (QED) is 0.586. The van der Waals surface area contributed by atoms with E-state index in [1.807, 2.05) is 0 Å². The second-order valence-electron chi connectivity index (χ2n) is 3.92. The van der Waals surface area contributed by atoms with Gasteiger partial charge in [0, 0.05) is 24.9 Å². The molecule has 0 radical (unpaired) electrons. The molecule has 1 heterocycles. The topological polar surface area (TPSA) is 12.0 Å². The monoisotopic (exact) mass is 171 g/mol. The highest BCUT2D eigenvalue weighted by Crippen LogP contribution is 2.37. The lowest BCUT2D eigenvalue weighted by atomic mass is 9.73. The molecule has 0 saturated carbocycles. The predicted molar refractivity (Wildman–Crippen MR) is 54.3 cm³/mol. The van der Waals surface area contributed by atoms with Gasteiger partial charge in [0.25, 0.3) is 0 Å². The molecule has 66 valence electrons. The van der Waals surface area contributed by atoms with Crippen LogP contribution in [0.25, 0.3) is 0 Å². The minimum absolute atomic E-state index is 0.677. The van der Waals surface area contributed by atoms with Gasteiger partial charge in [0.2, 0.25) is 0 Å². The van der Waals surface area contributed by atoms with Gasteiger partial charge >= 0.3 is 0 Å². The Kier molecular flexibility index (Phi) is 1.53. The highest BCUT2D eigenvalue weighted by molar-refractivity contribution is 5.45. The molecule has 1 nitrogen and oxygen atoms in total. The summed E-state index contributed by atoms with van der Waals surface area (Å²) in [6.07, 6.45) is 13.4. The van der Waals surface area contributed by atoms with E-state index in [1.165, 1.54) is 5.57 Å². The summed E-state index contributed by atoms with van der Waals surface area (Å²) in [7, 11) is 0. The zero-order valence-electron chi connectivity index (χ0n) is 7.53. The largest absolute Gasteiger partial charge is 0.312 e. The maximum atomic E-state index is 3.46. The Balaban J connectivity index is 2.08. The van der Waals surface area contributed by atoms with E-state index < -0.39 is 0 Å². The summed E-state index contributed by atoms with van der Waals surface area (Å²) in [6, 6.07) is 0. The van der Waals surface area contributed by atoms with E-state index in [4.69, 9.17) is 0 Å². The molecule has 1 fully saturated rings. The molecule has 2 atom stereocenters. The fourth-order valence-corrected chi connectivity index (χ4v) is 2.54. The summed E-state index contributed by atoms with van der Waals surface area (Å²) in [5, 5.41) is 3.46. The zero-order chi connectivity index (χ0) is 8.67. The highest BCUT2D eigenvalue weighted by atomic mass is 14.9. The van der Waals surface area contributed by atoms with Crippen LogP contribution in [0, 0.1) is 11.8 Å². The lowest BCUT2D eigenvalue weighted by Crippen LogP contribution is -2.39. The third-order valence-electron chi connectivity index (χ3n) is 3.14. The molecule has 1 N–H and O–H groups in total. The van der Waals surface area contributed by atoms with Crippen LogP contribution in [0.3, 0.4) is 0 Å². The number of hydrogen-bond acceptors (Lipinski definition) is 1. The van der Waals surface area contributed by atoms with Crippen LogP contribution in [-0.4, -0.2) is 13.1 Å². The molecule has 0 spiro atoms. The molecule has 3 rings (SSSR count). The highest BCUT2D eigenvalue weighted by Gasteiger charge is 2.31. The third kappa shape index (κ3) is 1.04. The van der Waals surface area contributed by atoms with E-state index in [9.17, 15) is 0 Å². The van der Waals surface area contributed by atoms with Crippen molar-refractivity contribution in [3.05, 3.63) is 47.6 Å². The summed E-state index contributed by atoms with van der Waals surface area (Å²) in [6.45, 7) is 2.19. The fraction of sp³-hybridized carbons (Fsp3) is 0.333. The van der Waals surface area contributed by atoms with E-state index in [1.54, 1.807) is 5.57 Å². The normalized spacial score (nSPS) is 35.1. The van der Waals surface area contributed by atoms with Gasteiger partial charge in [-0.15, -0.1) is 0 Å². The van der Waals surface area contributed by atoms with Gasteiger partial charge in [-0.25, -0.2) is 0 Å². The fourth-order valence-electron chi connectivity index (χ4n) is 2.54. The Morgan fingerprint density at radius 2 is 2.23 bits per heavy atom. The van der Waals surface area contributed by atoms with Crippen LogP contribution in [0.4, 0.5) is 0 Å². The number of hydrogen-bond donors (Lipinski definition) is 1. The second kappa shape index (κ2) is 2.71. The van der Waals surface area contributed by atoms with Gasteiger partial charge in [0.05, 0.1) is 0 Å². The van der Waals surface area contributed by atoms with Crippen molar-refractivity contribution in [3.8, 4) is 0 Å². The Morgan fingerprint density at radius 3 is 3.23 bits per heavy atom. The molecule has 2 aliphatic carbocycles. The minimum atomic E-state index is 0.677. The molecule has 0 bridgehead atoms. The van der Waals surface area contributed by atoms with Crippen molar-refractivity contribution in [2.75, 3.05) is 13.1 Å². The number of rotatable bonds is 0. The first-order valence-electron chi connectivity index (χ1n) is 4.91. The Labute approximate surface area is 78.5 Å². The van der Waals surface area contributed by atoms with Crippen LogP contribution in [0.5, 0.6) is 0 Å². The first-order chi connectivity index (χ1) is 6.45. The third-order valence-corrected chi connectivity index (χ3v) is 3.14. The van der Waals surface area contributed by atoms with Crippen molar-refractivity contribution in [1.29, 1.82) is 0 Å². The SMILES string of the molecule is C1=CC2=CC=CC3CNCC(=C1)C23. The average molecular weight is 171 g/mol. The van der Waals surface area contributed by atoms with Gasteiger partial charge in [-0.1, -0.05) is 36.5 Å². The van der Waals surface area contributed by atoms with Crippen LogP contribution in [0.2, 0.25) is 0 Å². The maximum absolute atomic E-state index is 3.46. The van der Waals surface area contributed by atoms with Gasteiger partial charge < -0.3 is 5.32 Å². The van der Waals surface area contributed by atoms with Gasteiger partial charge in [-0.2, -0.15) is 0 Å². The van der Waals surface area contributed by atoms with Gasteiger partial charge in [-0.05, 0) is 11.1 Å². The number of nitrogens with one attached hydrogen (secondary N) is 1. The van der Waals surface area contributed by atoms with Crippen molar-refractivity contribution in [2.24, 2.45) is 11.8 Å². The molecule has 1 heteroatoms. The smallest absolute Gasteiger partial charge is 0.0174 e. The Hall–Kier alpha value is -1.08. The zero-order valence-corrected chi connectivity index (χ0v) is 7.53. The molecule has 3 aliphatic rings. The summed E-state index contributed by atoms with van der Waals surface area (Å²) in [5.74, 6) is 1.36. The van der Waals surface area contributed by atoms with Gasteiger partial charge in [0.1, 0.15) is 0 Å². The summed E-state index contributed by atoms with van der Waals surface area (Å²) in [4.78, 5) is 0. The Bertz CT molecular complexity index is 344. The van der Waals surface area contributed by atoms with E-state index in [2.05, 4.69) is 41.8 Å². The van der Waals surface area contributed by atoms with Crippen molar-refractivity contribution >= 4 is 0 Å². The van der Waals surface area contributed by atoms with E-state index in [0.29, 0.717) is 11.8 Å². The molecule has 0 aromatic rings.